The van der Waals surface area contributed by atoms with E-state index < -0.39 is 38.4 Å². The van der Waals surface area contributed by atoms with Crippen molar-refractivity contribution in [3.05, 3.63) is 165 Å². The molecule has 3 heterocycles. The van der Waals surface area contributed by atoms with Crippen LogP contribution >= 0.6 is 34.9 Å². The Morgan fingerprint density at radius 2 is 1.04 bits per heavy atom. The summed E-state index contributed by atoms with van der Waals surface area (Å²) < 4.78 is 102. The molecule has 396 valence electrons. The number of ether oxygens (including phenoxy) is 1. The van der Waals surface area contributed by atoms with Gasteiger partial charge in [0.2, 0.25) is 0 Å². The minimum absolute atomic E-state index is 0.146. The summed E-state index contributed by atoms with van der Waals surface area (Å²) in [6.45, 7) is 10.1. The Kier molecular flexibility index (Phi) is 14.0. The summed E-state index contributed by atoms with van der Waals surface area (Å²) in [5.41, 5.74) is 8.37. The molecule has 0 bridgehead atoms. The first-order chi connectivity index (χ1) is 36.4. The second kappa shape index (κ2) is 20.0. The van der Waals surface area contributed by atoms with E-state index in [0.717, 1.165) is 119 Å². The molecule has 76 heavy (non-hydrogen) atoms. The minimum atomic E-state index is -5.62. The summed E-state index contributed by atoms with van der Waals surface area (Å²) in [6, 6.07) is 35.1. The highest BCUT2D eigenvalue weighted by molar-refractivity contribution is 8.14. The number of aromatic nitrogens is 1. The number of thioether (sulfide) groups is 2. The van der Waals surface area contributed by atoms with E-state index in [0.29, 0.717) is 15.4 Å². The number of hydrogen-bond donors (Lipinski definition) is 0. The summed E-state index contributed by atoms with van der Waals surface area (Å²) in [6.07, 6.45) is 18.6. The first-order valence-electron chi connectivity index (χ1n) is 27.3. The molecule has 2 nitrogen and oxygen atoms in total. The zero-order valence-corrected chi connectivity index (χ0v) is 46.7. The molecule has 1 saturated carbocycles. The fraction of sp³-hybridized carbons (Fsp3) is 0.400. The highest BCUT2D eigenvalue weighted by Gasteiger charge is 2.84. The van der Waals surface area contributed by atoms with E-state index in [2.05, 4.69) is 75.4 Å². The Balaban J connectivity index is 1.03. The van der Waals surface area contributed by atoms with Gasteiger partial charge in [-0.2, -0.15) is 26.3 Å². The molecule has 1 fully saturated rings. The maximum atomic E-state index is 16.5. The molecule has 2 unspecified atom stereocenters. The number of unbranched alkanes of at least 4 members (excludes halogenated alkanes) is 10. The Morgan fingerprint density at radius 3 is 1.62 bits per heavy atom. The standard InChI is InChI=1S/C65H65F6NOS3/c1-7-9-11-13-15-20-32-62(33-21-16-14-12-10-8-2)48-35-42(43-27-30-52-56(37-43)74-59(72-52)47-34-40(3)24-31-53(47)73-6)25-28-45(48)46-29-26-44(36-49(46)62)55-39-51-58-57(63(66,67)65(70,71)64(58,68)69)50-38-54(41-22-18-17-19-23-41)75-60(50,4)61(51,5)76-55/h17-19,22-31,34-39H,7-16,20-21,32-33H2,1-6H3. The molecule has 0 N–H and O–H groups in total. The van der Waals surface area contributed by atoms with Gasteiger partial charge in [0.1, 0.15) is 10.8 Å². The molecule has 11 heteroatoms. The molecule has 2 aliphatic heterocycles. The summed E-state index contributed by atoms with van der Waals surface area (Å²) in [7, 11) is 1.69. The van der Waals surface area contributed by atoms with Gasteiger partial charge in [0, 0.05) is 26.4 Å². The number of benzene rings is 5. The third-order valence-electron chi connectivity index (χ3n) is 17.2. The molecule has 5 aromatic carbocycles. The van der Waals surface area contributed by atoms with Crippen molar-refractivity contribution < 1.29 is 31.1 Å². The van der Waals surface area contributed by atoms with Crippen molar-refractivity contribution in [3.63, 3.8) is 0 Å². The van der Waals surface area contributed by atoms with Crippen LogP contribution in [-0.4, -0.2) is 39.4 Å². The average Bonchev–Trinajstić information content (AvgIpc) is 4.29. The molecular formula is C65H65F6NOS3. The monoisotopic (exact) mass is 1090 g/mol. The highest BCUT2D eigenvalue weighted by atomic mass is 32.2. The van der Waals surface area contributed by atoms with Gasteiger partial charge in [0.25, 0.3) is 0 Å². The van der Waals surface area contributed by atoms with Crippen molar-refractivity contribution in [3.8, 4) is 38.6 Å². The Hall–Kier alpha value is -4.97. The SMILES string of the molecule is CCCCCCCCC1(CCCCCCCC)c2cc(C3=CC4=C5C(=C6C=C(c7ccccc7)SC6(C)C4(C)S3)C(F)(F)C(F)(F)C5(F)F)ccc2-c2ccc(-c3ccc4nc(-c5cc(C)ccc5OC)sc4c3)cc21. The third kappa shape index (κ3) is 8.31. The van der Waals surface area contributed by atoms with Crippen LogP contribution in [0.4, 0.5) is 26.3 Å². The maximum Gasteiger partial charge on any atom is 0.380 e. The molecule has 0 amide bonds. The first-order valence-corrected chi connectivity index (χ1v) is 29.8. The van der Waals surface area contributed by atoms with Gasteiger partial charge in [-0.1, -0.05) is 163 Å². The van der Waals surface area contributed by atoms with Crippen molar-refractivity contribution in [1.29, 1.82) is 0 Å². The number of allylic oxidation sites excluding steroid dienone is 4. The van der Waals surface area contributed by atoms with Gasteiger partial charge >= 0.3 is 17.8 Å². The van der Waals surface area contributed by atoms with Crippen molar-refractivity contribution in [2.24, 2.45) is 0 Å². The number of alkyl halides is 6. The third-order valence-corrected chi connectivity index (χ3v) is 21.6. The summed E-state index contributed by atoms with van der Waals surface area (Å²) in [5.74, 6) is -15.0. The number of halogens is 6. The Morgan fingerprint density at radius 1 is 0.526 bits per heavy atom. The van der Waals surface area contributed by atoms with E-state index in [9.17, 15) is 0 Å². The van der Waals surface area contributed by atoms with Crippen molar-refractivity contribution >= 4 is 54.9 Å². The molecule has 0 spiro atoms. The lowest BCUT2D eigenvalue weighted by atomic mass is 9.70. The topological polar surface area (TPSA) is 22.1 Å². The van der Waals surface area contributed by atoms with E-state index in [1.807, 2.05) is 48.5 Å². The number of thiazole rings is 1. The van der Waals surface area contributed by atoms with Crippen LogP contribution in [0.2, 0.25) is 0 Å². The minimum Gasteiger partial charge on any atom is -0.496 e. The van der Waals surface area contributed by atoms with Crippen LogP contribution in [0, 0.1) is 6.92 Å². The largest absolute Gasteiger partial charge is 0.496 e. The normalized spacial score (nSPS) is 22.1. The highest BCUT2D eigenvalue weighted by Crippen LogP contribution is 2.75. The maximum absolute atomic E-state index is 16.5. The number of hydrogen-bond acceptors (Lipinski definition) is 5. The van der Waals surface area contributed by atoms with Crippen LogP contribution in [0.15, 0.2) is 138 Å². The smallest absolute Gasteiger partial charge is 0.380 e. The summed E-state index contributed by atoms with van der Waals surface area (Å²) in [5, 5.41) is 0.903. The van der Waals surface area contributed by atoms with E-state index >= 15 is 26.3 Å². The molecule has 1 aromatic heterocycles. The van der Waals surface area contributed by atoms with Crippen molar-refractivity contribution in [2.45, 2.75) is 157 Å². The van der Waals surface area contributed by atoms with E-state index in [1.165, 1.54) is 72.0 Å². The molecule has 0 saturated heterocycles. The first kappa shape index (κ1) is 53.1. The number of nitrogens with zero attached hydrogens (tertiary/aromatic N) is 1. The van der Waals surface area contributed by atoms with Gasteiger partial charge in [-0.25, -0.2) is 4.98 Å². The lowest BCUT2D eigenvalue weighted by Crippen LogP contribution is -2.48. The Labute approximate surface area is 456 Å². The van der Waals surface area contributed by atoms with Gasteiger partial charge in [-0.15, -0.1) is 34.9 Å². The Bertz CT molecular complexity index is 3370. The van der Waals surface area contributed by atoms with E-state index in [4.69, 9.17) is 9.72 Å². The van der Waals surface area contributed by atoms with Crippen LogP contribution in [0.5, 0.6) is 5.75 Å². The van der Waals surface area contributed by atoms with Crippen LogP contribution in [0.25, 0.3) is 52.9 Å². The van der Waals surface area contributed by atoms with Crippen molar-refractivity contribution in [2.75, 3.05) is 7.11 Å². The zero-order valence-electron chi connectivity index (χ0n) is 44.2. The lowest BCUT2D eigenvalue weighted by molar-refractivity contribution is -0.258. The molecule has 0 radical (unpaired) electrons. The lowest BCUT2D eigenvalue weighted by Gasteiger charge is -2.47. The van der Waals surface area contributed by atoms with E-state index in [1.54, 1.807) is 38.4 Å². The second-order valence-corrected chi connectivity index (χ2v) is 25.9. The number of methoxy groups -OCH3 is 1. The predicted octanol–water partition coefficient (Wildman–Crippen LogP) is 20.6. The van der Waals surface area contributed by atoms with Crippen LogP contribution in [-0.2, 0) is 5.41 Å². The van der Waals surface area contributed by atoms with E-state index in [-0.39, 0.29) is 16.6 Å². The molecule has 2 atom stereocenters. The molecule has 5 aliphatic rings. The summed E-state index contributed by atoms with van der Waals surface area (Å²) >= 11 is 4.30. The van der Waals surface area contributed by atoms with Crippen LogP contribution in [0.3, 0.4) is 0 Å². The fourth-order valence-corrected chi connectivity index (χ4v) is 17.1. The quantitative estimate of drug-likeness (QED) is 0.0595. The van der Waals surface area contributed by atoms with Gasteiger partial charge in [0.15, 0.2) is 0 Å². The fourth-order valence-electron chi connectivity index (χ4n) is 12.9. The molecule has 3 aliphatic carbocycles. The molecule has 6 aromatic rings. The zero-order chi connectivity index (χ0) is 53.4. The van der Waals surface area contributed by atoms with Gasteiger partial charge in [-0.05, 0) is 138 Å². The number of aryl methyl sites for hydroxylation is 1. The predicted molar refractivity (Wildman–Crippen MR) is 307 cm³/mol. The van der Waals surface area contributed by atoms with Gasteiger partial charge < -0.3 is 4.74 Å². The summed E-state index contributed by atoms with van der Waals surface area (Å²) in [4.78, 5) is 6.25. The molecule has 11 rings (SSSR count). The molecular weight excluding hydrogens is 1020 g/mol. The number of rotatable bonds is 19. The van der Waals surface area contributed by atoms with Crippen molar-refractivity contribution in [1.82, 2.24) is 4.98 Å². The van der Waals surface area contributed by atoms with Gasteiger partial charge in [-0.3, -0.25) is 0 Å². The van der Waals surface area contributed by atoms with Gasteiger partial charge in [0.05, 0.1) is 32.4 Å². The van der Waals surface area contributed by atoms with Crippen LogP contribution < -0.4 is 4.74 Å². The number of fused-ring (bicyclic) bond motifs is 8. The second-order valence-electron chi connectivity index (χ2n) is 22.0. The average molecular weight is 1090 g/mol. The van der Waals surface area contributed by atoms with Crippen LogP contribution in [0.1, 0.15) is 145 Å².